The zero-order valence-corrected chi connectivity index (χ0v) is 17.1. The molecule has 0 aromatic heterocycles. The van der Waals surface area contributed by atoms with E-state index in [1.54, 1.807) is 48.5 Å². The van der Waals surface area contributed by atoms with Crippen molar-refractivity contribution in [1.29, 1.82) is 0 Å². The lowest BCUT2D eigenvalue weighted by molar-refractivity contribution is -0.116. The van der Waals surface area contributed by atoms with Crippen molar-refractivity contribution in [2.24, 2.45) is 5.92 Å². The van der Waals surface area contributed by atoms with Crippen LogP contribution >= 0.6 is 24.0 Å². The summed E-state index contributed by atoms with van der Waals surface area (Å²) in [4.78, 5) is 24.3. The highest BCUT2D eigenvalue weighted by atomic mass is 35.5. The molecule has 0 bridgehead atoms. The Kier molecular flexibility index (Phi) is 8.77. The normalized spacial score (nSPS) is 14.0. The van der Waals surface area contributed by atoms with Crippen molar-refractivity contribution in [2.75, 3.05) is 23.7 Å². The first-order valence-electron chi connectivity index (χ1n) is 9.28. The fraction of sp³-hybridized carbons (Fsp3) is 0.333. The van der Waals surface area contributed by atoms with Crippen LogP contribution in [0.4, 0.5) is 11.4 Å². The maximum absolute atomic E-state index is 12.2. The molecule has 0 unspecified atom stereocenters. The lowest BCUT2D eigenvalue weighted by Gasteiger charge is -2.22. The summed E-state index contributed by atoms with van der Waals surface area (Å²) in [7, 11) is 0. The van der Waals surface area contributed by atoms with Crippen molar-refractivity contribution in [1.82, 2.24) is 5.32 Å². The predicted octanol–water partition coefficient (Wildman–Crippen LogP) is 4.73. The molecule has 0 radical (unpaired) electrons. The van der Waals surface area contributed by atoms with Gasteiger partial charge in [0.05, 0.1) is 0 Å². The van der Waals surface area contributed by atoms with Crippen LogP contribution in [0.3, 0.4) is 0 Å². The second-order valence-electron chi connectivity index (χ2n) is 6.82. The number of carbonyl (C=O) groups is 2. The van der Waals surface area contributed by atoms with Crippen molar-refractivity contribution >= 4 is 47.2 Å². The first kappa shape index (κ1) is 22.2. The predicted molar refractivity (Wildman–Crippen MR) is 117 cm³/mol. The van der Waals surface area contributed by atoms with Crippen LogP contribution in [-0.2, 0) is 4.79 Å². The molecule has 3 N–H and O–H groups in total. The van der Waals surface area contributed by atoms with Gasteiger partial charge < -0.3 is 16.0 Å². The first-order chi connectivity index (χ1) is 13.1. The number of carbonyl (C=O) groups excluding carboxylic acids is 2. The van der Waals surface area contributed by atoms with Gasteiger partial charge in [-0.05, 0) is 86.8 Å². The van der Waals surface area contributed by atoms with E-state index in [9.17, 15) is 9.59 Å². The third-order valence-corrected chi connectivity index (χ3v) is 5.02. The second-order valence-corrected chi connectivity index (χ2v) is 7.26. The van der Waals surface area contributed by atoms with Gasteiger partial charge in [-0.15, -0.1) is 12.4 Å². The van der Waals surface area contributed by atoms with Crippen LogP contribution in [-0.4, -0.2) is 24.9 Å². The molecule has 1 fully saturated rings. The van der Waals surface area contributed by atoms with Gasteiger partial charge in [0.2, 0.25) is 5.91 Å². The lowest BCUT2D eigenvalue weighted by Crippen LogP contribution is -2.28. The summed E-state index contributed by atoms with van der Waals surface area (Å²) in [5.41, 5.74) is 1.94. The quantitative estimate of drug-likeness (QED) is 0.630. The fourth-order valence-electron chi connectivity index (χ4n) is 3.17. The SMILES string of the molecule is Cl.O=C(CCC1CCNCC1)Nc1ccc(NC(=O)c2ccc(Cl)cc2)cc1. The van der Waals surface area contributed by atoms with E-state index in [4.69, 9.17) is 11.6 Å². The summed E-state index contributed by atoms with van der Waals surface area (Å²) in [5, 5.41) is 9.67. The lowest BCUT2D eigenvalue weighted by atomic mass is 9.93. The highest BCUT2D eigenvalue weighted by Crippen LogP contribution is 2.19. The number of amides is 2. The summed E-state index contributed by atoms with van der Waals surface area (Å²) >= 11 is 5.83. The van der Waals surface area contributed by atoms with Gasteiger partial charge in [-0.25, -0.2) is 0 Å². The molecule has 0 aliphatic carbocycles. The maximum Gasteiger partial charge on any atom is 0.255 e. The van der Waals surface area contributed by atoms with Gasteiger partial charge in [-0.2, -0.15) is 0 Å². The molecular weight excluding hydrogens is 397 g/mol. The van der Waals surface area contributed by atoms with E-state index in [1.165, 1.54) is 0 Å². The fourth-order valence-corrected chi connectivity index (χ4v) is 3.30. The number of halogens is 2. The molecule has 28 heavy (non-hydrogen) atoms. The minimum absolute atomic E-state index is 0. The van der Waals surface area contributed by atoms with E-state index in [-0.39, 0.29) is 24.2 Å². The number of rotatable bonds is 6. The highest BCUT2D eigenvalue weighted by molar-refractivity contribution is 6.30. The van der Waals surface area contributed by atoms with Crippen LogP contribution < -0.4 is 16.0 Å². The van der Waals surface area contributed by atoms with Crippen molar-refractivity contribution in [3.05, 3.63) is 59.1 Å². The smallest absolute Gasteiger partial charge is 0.255 e. The maximum atomic E-state index is 12.2. The van der Waals surface area contributed by atoms with Gasteiger partial charge in [0.15, 0.2) is 0 Å². The van der Waals surface area contributed by atoms with E-state index in [0.29, 0.717) is 28.6 Å². The first-order valence-corrected chi connectivity index (χ1v) is 9.65. The molecule has 0 saturated carbocycles. The molecule has 0 atom stereocenters. The Hall–Kier alpha value is -2.08. The van der Waals surface area contributed by atoms with Gasteiger partial charge in [0.25, 0.3) is 5.91 Å². The second kappa shape index (κ2) is 11.1. The van der Waals surface area contributed by atoms with Crippen LogP contribution in [0.15, 0.2) is 48.5 Å². The number of hydrogen-bond donors (Lipinski definition) is 3. The molecule has 2 amide bonds. The Morgan fingerprint density at radius 1 is 0.929 bits per heavy atom. The molecule has 5 nitrogen and oxygen atoms in total. The summed E-state index contributed by atoms with van der Waals surface area (Å²) in [6.45, 7) is 2.10. The van der Waals surface area contributed by atoms with E-state index >= 15 is 0 Å². The molecule has 7 heteroatoms. The topological polar surface area (TPSA) is 70.2 Å². The summed E-state index contributed by atoms with van der Waals surface area (Å²) in [5.74, 6) is 0.472. The summed E-state index contributed by atoms with van der Waals surface area (Å²) < 4.78 is 0. The summed E-state index contributed by atoms with van der Waals surface area (Å²) in [6, 6.07) is 13.8. The largest absolute Gasteiger partial charge is 0.326 e. The average Bonchev–Trinajstić information content (AvgIpc) is 2.69. The van der Waals surface area contributed by atoms with Crippen molar-refractivity contribution in [2.45, 2.75) is 25.7 Å². The van der Waals surface area contributed by atoms with Gasteiger partial charge in [0.1, 0.15) is 0 Å². The molecule has 2 aromatic rings. The third kappa shape index (κ3) is 6.82. The minimum Gasteiger partial charge on any atom is -0.326 e. The Labute approximate surface area is 176 Å². The van der Waals surface area contributed by atoms with Crippen molar-refractivity contribution in [3.63, 3.8) is 0 Å². The molecule has 0 spiro atoms. The number of hydrogen-bond acceptors (Lipinski definition) is 3. The van der Waals surface area contributed by atoms with Crippen LogP contribution in [0.25, 0.3) is 0 Å². The third-order valence-electron chi connectivity index (χ3n) is 4.77. The summed E-state index contributed by atoms with van der Waals surface area (Å²) in [6.07, 6.45) is 3.77. The molecule has 2 aromatic carbocycles. The van der Waals surface area contributed by atoms with Crippen LogP contribution in [0.1, 0.15) is 36.0 Å². The Morgan fingerprint density at radius 3 is 2.11 bits per heavy atom. The Morgan fingerprint density at radius 2 is 1.50 bits per heavy atom. The molecule has 1 aliphatic rings. The van der Waals surface area contributed by atoms with Crippen LogP contribution in [0, 0.1) is 5.92 Å². The van der Waals surface area contributed by atoms with E-state index in [2.05, 4.69) is 16.0 Å². The van der Waals surface area contributed by atoms with E-state index in [1.807, 2.05) is 0 Å². The van der Waals surface area contributed by atoms with Crippen LogP contribution in [0.2, 0.25) is 5.02 Å². The molecule has 1 heterocycles. The average molecular weight is 422 g/mol. The molecular formula is C21H25Cl2N3O2. The monoisotopic (exact) mass is 421 g/mol. The molecule has 150 valence electrons. The number of piperidine rings is 1. The minimum atomic E-state index is -0.203. The Balaban J connectivity index is 0.00000280. The zero-order valence-electron chi connectivity index (χ0n) is 15.5. The number of anilines is 2. The van der Waals surface area contributed by atoms with Crippen molar-refractivity contribution < 1.29 is 9.59 Å². The molecule has 3 rings (SSSR count). The van der Waals surface area contributed by atoms with Crippen molar-refractivity contribution in [3.8, 4) is 0 Å². The number of benzene rings is 2. The van der Waals surface area contributed by atoms with Crippen LogP contribution in [0.5, 0.6) is 0 Å². The van der Waals surface area contributed by atoms with Gasteiger partial charge >= 0.3 is 0 Å². The van der Waals surface area contributed by atoms with Gasteiger partial charge in [-0.3, -0.25) is 9.59 Å². The van der Waals surface area contributed by atoms with Gasteiger partial charge in [0, 0.05) is 28.4 Å². The highest BCUT2D eigenvalue weighted by Gasteiger charge is 2.14. The number of nitrogens with one attached hydrogen (secondary N) is 3. The molecule has 1 saturated heterocycles. The molecule has 1 aliphatic heterocycles. The zero-order chi connectivity index (χ0) is 19.1. The standard InChI is InChI=1S/C21H24ClN3O2.ClH/c22-17-4-2-16(3-5-17)21(27)25-19-8-6-18(7-9-19)24-20(26)10-1-15-11-13-23-14-12-15;/h2-9,15,23H,1,10-14H2,(H,24,26)(H,25,27);1H. The van der Waals surface area contributed by atoms with Gasteiger partial charge in [-0.1, -0.05) is 11.6 Å². The van der Waals surface area contributed by atoms with E-state index < -0.39 is 0 Å². The Bertz CT molecular complexity index is 773. The van der Waals surface area contributed by atoms with E-state index in [0.717, 1.165) is 38.0 Å².